The Labute approximate surface area is 174 Å². The molecule has 2 N–H and O–H groups in total. The third kappa shape index (κ3) is 5.93. The van der Waals surface area contributed by atoms with Crippen LogP contribution in [0.3, 0.4) is 0 Å². The lowest BCUT2D eigenvalue weighted by Crippen LogP contribution is -2.37. The van der Waals surface area contributed by atoms with Crippen LogP contribution in [0, 0.1) is 5.92 Å². The SMILES string of the molecule is COc1cccc(-c2ccc(NC3CCC(CNS(=O)(=O)C(C)C)CC3)nc2)c1. The Balaban J connectivity index is 1.49. The fraction of sp³-hybridized carbons (Fsp3) is 0.500. The number of benzene rings is 1. The normalized spacial score (nSPS) is 19.9. The molecule has 1 aliphatic rings. The highest BCUT2D eigenvalue weighted by molar-refractivity contribution is 7.90. The molecule has 0 amide bonds. The van der Waals surface area contributed by atoms with E-state index in [9.17, 15) is 8.42 Å². The molecule has 1 fully saturated rings. The van der Waals surface area contributed by atoms with Gasteiger partial charge in [0.15, 0.2) is 0 Å². The molecule has 0 bridgehead atoms. The van der Waals surface area contributed by atoms with Gasteiger partial charge >= 0.3 is 0 Å². The molecule has 0 saturated heterocycles. The highest BCUT2D eigenvalue weighted by Gasteiger charge is 2.23. The summed E-state index contributed by atoms with van der Waals surface area (Å²) in [6.07, 6.45) is 5.95. The minimum absolute atomic E-state index is 0.378. The highest BCUT2D eigenvalue weighted by atomic mass is 32.2. The van der Waals surface area contributed by atoms with Crippen LogP contribution < -0.4 is 14.8 Å². The van der Waals surface area contributed by atoms with Gasteiger partial charge < -0.3 is 10.1 Å². The average molecular weight is 418 g/mol. The third-order valence-corrected chi connectivity index (χ3v) is 7.37. The Morgan fingerprint density at radius 2 is 1.86 bits per heavy atom. The average Bonchev–Trinajstić information content (AvgIpc) is 2.74. The number of sulfonamides is 1. The van der Waals surface area contributed by atoms with E-state index in [1.54, 1.807) is 21.0 Å². The zero-order chi connectivity index (χ0) is 20.9. The Hall–Kier alpha value is -2.12. The molecule has 1 aliphatic carbocycles. The summed E-state index contributed by atoms with van der Waals surface area (Å²) in [6.45, 7) is 3.95. The van der Waals surface area contributed by atoms with E-state index in [2.05, 4.69) is 21.1 Å². The van der Waals surface area contributed by atoms with Crippen molar-refractivity contribution in [2.45, 2.75) is 50.8 Å². The van der Waals surface area contributed by atoms with E-state index < -0.39 is 10.0 Å². The van der Waals surface area contributed by atoms with E-state index in [0.29, 0.717) is 18.5 Å². The van der Waals surface area contributed by atoms with Crippen LogP contribution in [-0.2, 0) is 10.0 Å². The van der Waals surface area contributed by atoms with Crippen LogP contribution >= 0.6 is 0 Å². The molecule has 0 radical (unpaired) electrons. The molecule has 6 nitrogen and oxygen atoms in total. The summed E-state index contributed by atoms with van der Waals surface area (Å²) in [4.78, 5) is 4.57. The fourth-order valence-electron chi connectivity index (χ4n) is 3.57. The van der Waals surface area contributed by atoms with Crippen LogP contribution in [0.5, 0.6) is 5.75 Å². The van der Waals surface area contributed by atoms with Gasteiger partial charge in [0.1, 0.15) is 11.6 Å². The molecule has 1 saturated carbocycles. The molecule has 1 aromatic heterocycles. The number of ether oxygens (including phenoxy) is 1. The van der Waals surface area contributed by atoms with Gasteiger partial charge in [0.25, 0.3) is 0 Å². The smallest absolute Gasteiger partial charge is 0.213 e. The predicted molar refractivity (Wildman–Crippen MR) is 118 cm³/mol. The van der Waals surface area contributed by atoms with Crippen molar-refractivity contribution in [2.24, 2.45) is 5.92 Å². The van der Waals surface area contributed by atoms with Crippen LogP contribution in [0.2, 0.25) is 0 Å². The van der Waals surface area contributed by atoms with E-state index in [1.807, 2.05) is 36.5 Å². The Kier molecular flexibility index (Phi) is 7.14. The van der Waals surface area contributed by atoms with Gasteiger partial charge in [0, 0.05) is 24.3 Å². The predicted octanol–water partition coefficient (Wildman–Crippen LogP) is 4.06. The number of hydrogen-bond acceptors (Lipinski definition) is 5. The van der Waals surface area contributed by atoms with Crippen LogP contribution in [0.25, 0.3) is 11.1 Å². The number of nitrogens with zero attached hydrogens (tertiary/aromatic N) is 1. The van der Waals surface area contributed by atoms with Gasteiger partial charge in [-0.2, -0.15) is 0 Å². The van der Waals surface area contributed by atoms with E-state index in [1.165, 1.54) is 0 Å². The zero-order valence-electron chi connectivity index (χ0n) is 17.4. The van der Waals surface area contributed by atoms with Crippen LogP contribution in [-0.4, -0.2) is 38.3 Å². The van der Waals surface area contributed by atoms with Crippen LogP contribution in [0.15, 0.2) is 42.6 Å². The Morgan fingerprint density at radius 1 is 1.10 bits per heavy atom. The van der Waals surface area contributed by atoms with Crippen molar-refractivity contribution in [1.82, 2.24) is 9.71 Å². The number of rotatable bonds is 8. The van der Waals surface area contributed by atoms with E-state index in [0.717, 1.165) is 48.4 Å². The summed E-state index contributed by atoms with van der Waals surface area (Å²) in [5.41, 5.74) is 2.13. The van der Waals surface area contributed by atoms with Crippen molar-refractivity contribution in [1.29, 1.82) is 0 Å². The van der Waals surface area contributed by atoms with Crippen molar-refractivity contribution in [3.8, 4) is 16.9 Å². The minimum atomic E-state index is -3.17. The van der Waals surface area contributed by atoms with Gasteiger partial charge in [-0.15, -0.1) is 0 Å². The number of anilines is 1. The first-order valence-corrected chi connectivity index (χ1v) is 11.8. The van der Waals surface area contributed by atoms with Gasteiger partial charge in [-0.3, -0.25) is 0 Å². The Morgan fingerprint density at radius 3 is 2.48 bits per heavy atom. The summed E-state index contributed by atoms with van der Waals surface area (Å²) >= 11 is 0. The molecule has 2 aromatic rings. The van der Waals surface area contributed by atoms with Crippen molar-refractivity contribution in [3.63, 3.8) is 0 Å². The van der Waals surface area contributed by atoms with Crippen molar-refractivity contribution in [3.05, 3.63) is 42.6 Å². The van der Waals surface area contributed by atoms with Crippen LogP contribution in [0.4, 0.5) is 5.82 Å². The molecule has 1 heterocycles. The molecule has 29 heavy (non-hydrogen) atoms. The number of nitrogens with one attached hydrogen (secondary N) is 2. The lowest BCUT2D eigenvalue weighted by atomic mass is 9.86. The third-order valence-electron chi connectivity index (χ3n) is 5.56. The molecule has 7 heteroatoms. The molecule has 0 aliphatic heterocycles. The minimum Gasteiger partial charge on any atom is -0.497 e. The maximum absolute atomic E-state index is 11.9. The fourth-order valence-corrected chi connectivity index (χ4v) is 4.37. The highest BCUT2D eigenvalue weighted by Crippen LogP contribution is 2.27. The second-order valence-electron chi connectivity index (χ2n) is 7.97. The van der Waals surface area contributed by atoms with Crippen molar-refractivity contribution >= 4 is 15.8 Å². The lowest BCUT2D eigenvalue weighted by molar-refractivity contribution is 0.336. The molecule has 0 atom stereocenters. The van der Waals surface area contributed by atoms with Crippen molar-refractivity contribution < 1.29 is 13.2 Å². The first-order chi connectivity index (χ1) is 13.9. The number of pyridine rings is 1. The second kappa shape index (κ2) is 9.59. The number of aromatic nitrogens is 1. The largest absolute Gasteiger partial charge is 0.497 e. The quantitative estimate of drug-likeness (QED) is 0.677. The molecule has 0 spiro atoms. The van der Waals surface area contributed by atoms with Gasteiger partial charge in [-0.05, 0) is 75.3 Å². The van der Waals surface area contributed by atoms with Gasteiger partial charge in [-0.25, -0.2) is 18.1 Å². The maximum atomic E-state index is 11.9. The molecule has 3 rings (SSSR count). The maximum Gasteiger partial charge on any atom is 0.213 e. The standard InChI is InChI=1S/C22H31N3O3S/c1-16(2)29(26,27)24-14-17-7-10-20(11-8-17)25-22-12-9-19(15-23-22)18-5-4-6-21(13-18)28-3/h4-6,9,12-13,15-17,20,24H,7-8,10-11,14H2,1-3H3,(H,23,25). The van der Waals surface area contributed by atoms with Gasteiger partial charge in [0.2, 0.25) is 10.0 Å². The number of hydrogen-bond donors (Lipinski definition) is 2. The summed E-state index contributed by atoms with van der Waals surface area (Å²) in [7, 11) is -1.51. The van der Waals surface area contributed by atoms with Crippen LogP contribution in [0.1, 0.15) is 39.5 Å². The van der Waals surface area contributed by atoms with Crippen molar-refractivity contribution in [2.75, 3.05) is 19.0 Å². The first-order valence-electron chi connectivity index (χ1n) is 10.2. The van der Waals surface area contributed by atoms with E-state index >= 15 is 0 Å². The Bertz CT molecular complexity index is 890. The molecule has 158 valence electrons. The van der Waals surface area contributed by atoms with Gasteiger partial charge in [0.05, 0.1) is 12.4 Å². The summed E-state index contributed by atoms with van der Waals surface area (Å²) in [5.74, 6) is 2.11. The second-order valence-corrected chi connectivity index (χ2v) is 10.3. The van der Waals surface area contributed by atoms with Gasteiger partial charge in [-0.1, -0.05) is 12.1 Å². The zero-order valence-corrected chi connectivity index (χ0v) is 18.2. The molecular formula is C22H31N3O3S. The molecule has 0 unspecified atom stereocenters. The summed E-state index contributed by atoms with van der Waals surface area (Å²) in [6, 6.07) is 12.4. The lowest BCUT2D eigenvalue weighted by Gasteiger charge is -2.29. The first kappa shape index (κ1) is 21.6. The van der Waals surface area contributed by atoms with E-state index in [4.69, 9.17) is 4.74 Å². The van der Waals surface area contributed by atoms with E-state index in [-0.39, 0.29) is 5.25 Å². The summed E-state index contributed by atoms with van der Waals surface area (Å²) in [5, 5.41) is 3.14. The number of methoxy groups -OCH3 is 1. The topological polar surface area (TPSA) is 80.3 Å². The molecular weight excluding hydrogens is 386 g/mol. The monoisotopic (exact) mass is 417 g/mol. The summed E-state index contributed by atoms with van der Waals surface area (Å²) < 4.78 is 31.9. The molecule has 1 aromatic carbocycles.